The van der Waals surface area contributed by atoms with Gasteiger partial charge in [-0.1, -0.05) is 41.1 Å². The Balaban J connectivity index is 0.00000380. The number of aromatic nitrogens is 1. The quantitative estimate of drug-likeness (QED) is 0.201. The van der Waals surface area contributed by atoms with Crippen LogP contribution in [0.15, 0.2) is 65.2 Å². The molecule has 0 saturated heterocycles. The SMILES string of the molecule is C/C(=N\NC(=O)c1ccc(C(=O)N(C)Cc2ccccn2)s1)c1csc(-c2ccc(Cl)c(Cl)c2)c1[O-].[K+]. The van der Waals surface area contributed by atoms with Crippen LogP contribution in [0.5, 0.6) is 5.75 Å². The molecule has 3 aromatic heterocycles. The number of carbonyl (C=O) groups excluding carboxylic acids is 2. The van der Waals surface area contributed by atoms with Crippen LogP contribution in [0.3, 0.4) is 0 Å². The minimum absolute atomic E-state index is 0. The van der Waals surface area contributed by atoms with Crippen molar-refractivity contribution in [3.8, 4) is 16.2 Å². The van der Waals surface area contributed by atoms with Crippen molar-refractivity contribution >= 4 is 63.4 Å². The van der Waals surface area contributed by atoms with E-state index >= 15 is 0 Å². The van der Waals surface area contributed by atoms with Crippen LogP contribution in [-0.4, -0.2) is 34.5 Å². The summed E-state index contributed by atoms with van der Waals surface area (Å²) >= 11 is 14.4. The number of nitrogens with one attached hydrogen (secondary N) is 1. The molecule has 0 bridgehead atoms. The molecule has 0 aliphatic carbocycles. The maximum Gasteiger partial charge on any atom is 1.00 e. The van der Waals surface area contributed by atoms with E-state index in [2.05, 4.69) is 15.5 Å². The third-order valence-corrected chi connectivity index (χ3v) is 7.98. The molecular formula is C25H19Cl2KN4O3S2. The van der Waals surface area contributed by atoms with E-state index in [0.717, 1.165) is 17.0 Å². The summed E-state index contributed by atoms with van der Waals surface area (Å²) in [4.78, 5) is 32.4. The van der Waals surface area contributed by atoms with Crippen molar-refractivity contribution < 1.29 is 66.1 Å². The van der Waals surface area contributed by atoms with Crippen molar-refractivity contribution in [1.82, 2.24) is 15.3 Å². The average molecular weight is 598 g/mol. The number of thiophene rings is 2. The number of hydrogen-bond acceptors (Lipinski definition) is 7. The van der Waals surface area contributed by atoms with Gasteiger partial charge in [-0.25, -0.2) is 5.43 Å². The summed E-state index contributed by atoms with van der Waals surface area (Å²) in [6.07, 6.45) is 1.67. The van der Waals surface area contributed by atoms with E-state index < -0.39 is 5.91 Å². The first-order valence-corrected chi connectivity index (χ1v) is 13.0. The monoisotopic (exact) mass is 596 g/mol. The van der Waals surface area contributed by atoms with E-state index in [1.165, 1.54) is 16.2 Å². The van der Waals surface area contributed by atoms with Gasteiger partial charge in [-0.2, -0.15) is 5.10 Å². The minimum atomic E-state index is -0.474. The molecule has 0 radical (unpaired) electrons. The molecule has 37 heavy (non-hydrogen) atoms. The molecule has 1 N–H and O–H groups in total. The first-order valence-electron chi connectivity index (χ1n) is 10.6. The number of amides is 2. The van der Waals surface area contributed by atoms with Crippen LogP contribution in [0.25, 0.3) is 10.4 Å². The molecule has 3 heterocycles. The maximum absolute atomic E-state index is 12.9. The van der Waals surface area contributed by atoms with Crippen molar-refractivity contribution in [3.05, 3.63) is 91.2 Å². The van der Waals surface area contributed by atoms with Crippen molar-refractivity contribution in [3.63, 3.8) is 0 Å². The van der Waals surface area contributed by atoms with Crippen molar-refractivity contribution in [2.75, 3.05) is 7.05 Å². The standard InChI is InChI=1S/C25H20Cl2N4O3S2.K/c1-14(17-13-35-23(22(17)32)15-6-7-18(26)19(27)11-15)29-30-24(33)20-8-9-21(36-20)25(34)31(2)12-16-5-3-4-10-28-16;/h3-11,13,32H,12H2,1-2H3,(H,30,33);/q;+1/p-1/b29-14+;. The molecule has 4 aromatic rings. The Hall–Kier alpha value is -1.60. The van der Waals surface area contributed by atoms with Gasteiger partial charge in [0.05, 0.1) is 37.7 Å². The normalized spacial score (nSPS) is 11.1. The van der Waals surface area contributed by atoms with Gasteiger partial charge >= 0.3 is 51.4 Å². The zero-order chi connectivity index (χ0) is 25.8. The molecule has 0 aliphatic heterocycles. The second-order valence-electron chi connectivity index (χ2n) is 7.72. The Kier molecular flexibility index (Phi) is 10.9. The fourth-order valence-corrected chi connectivity index (χ4v) is 5.43. The largest absolute Gasteiger partial charge is 1.00 e. The van der Waals surface area contributed by atoms with Gasteiger partial charge < -0.3 is 10.0 Å². The molecule has 0 aliphatic rings. The predicted octanol–water partition coefficient (Wildman–Crippen LogP) is 2.68. The predicted molar refractivity (Wildman–Crippen MR) is 143 cm³/mol. The summed E-state index contributed by atoms with van der Waals surface area (Å²) in [5.74, 6) is -0.902. The number of hydrogen-bond donors (Lipinski definition) is 1. The Morgan fingerprint density at radius 3 is 2.57 bits per heavy atom. The van der Waals surface area contributed by atoms with Crippen LogP contribution in [0, 0.1) is 0 Å². The third-order valence-electron chi connectivity index (χ3n) is 5.15. The van der Waals surface area contributed by atoms with Crippen LogP contribution < -0.4 is 61.9 Å². The summed E-state index contributed by atoms with van der Waals surface area (Å²) in [6.45, 7) is 1.99. The van der Waals surface area contributed by atoms with Crippen LogP contribution in [0.4, 0.5) is 0 Å². The van der Waals surface area contributed by atoms with Gasteiger partial charge in [0.25, 0.3) is 11.8 Å². The van der Waals surface area contributed by atoms with E-state index in [1.54, 1.807) is 55.9 Å². The van der Waals surface area contributed by atoms with Crippen LogP contribution in [-0.2, 0) is 6.54 Å². The third kappa shape index (κ3) is 7.28. The van der Waals surface area contributed by atoms with Crippen LogP contribution in [0.2, 0.25) is 10.0 Å². The van der Waals surface area contributed by atoms with Gasteiger partial charge in [-0.15, -0.1) is 22.7 Å². The Labute approximate surface area is 274 Å². The Bertz CT molecular complexity index is 1460. The average Bonchev–Trinajstić information content (AvgIpc) is 3.51. The van der Waals surface area contributed by atoms with E-state index in [-0.39, 0.29) is 63.0 Å². The van der Waals surface area contributed by atoms with Gasteiger partial charge in [0.1, 0.15) is 0 Å². The second-order valence-corrected chi connectivity index (χ2v) is 10.5. The molecule has 1 aromatic carbocycles. The number of rotatable bonds is 7. The van der Waals surface area contributed by atoms with E-state index in [4.69, 9.17) is 23.2 Å². The van der Waals surface area contributed by atoms with Crippen molar-refractivity contribution in [2.45, 2.75) is 13.5 Å². The van der Waals surface area contributed by atoms with Gasteiger partial charge in [-0.05, 0) is 54.3 Å². The number of halogens is 2. The molecule has 2 amide bonds. The van der Waals surface area contributed by atoms with E-state index in [9.17, 15) is 14.7 Å². The maximum atomic E-state index is 12.9. The Morgan fingerprint density at radius 1 is 1.11 bits per heavy atom. The van der Waals surface area contributed by atoms with E-state index in [1.807, 2.05) is 18.2 Å². The minimum Gasteiger partial charge on any atom is -0.871 e. The number of hydrazone groups is 1. The van der Waals surface area contributed by atoms with Crippen molar-refractivity contribution in [1.29, 1.82) is 0 Å². The summed E-state index contributed by atoms with van der Waals surface area (Å²) < 4.78 is 0. The molecule has 7 nitrogen and oxygen atoms in total. The molecule has 4 rings (SSSR count). The molecule has 0 saturated carbocycles. The Morgan fingerprint density at radius 2 is 1.86 bits per heavy atom. The first kappa shape index (κ1) is 29.9. The fourth-order valence-electron chi connectivity index (χ4n) is 3.25. The van der Waals surface area contributed by atoms with Crippen LogP contribution >= 0.6 is 45.9 Å². The van der Waals surface area contributed by atoms with Gasteiger partial charge in [0, 0.05) is 23.7 Å². The zero-order valence-electron chi connectivity index (χ0n) is 20.1. The van der Waals surface area contributed by atoms with Gasteiger partial charge in [0.15, 0.2) is 0 Å². The molecule has 0 spiro atoms. The molecule has 12 heteroatoms. The summed E-state index contributed by atoms with van der Waals surface area (Å²) in [5.41, 5.74) is 4.62. The zero-order valence-corrected chi connectivity index (χ0v) is 26.4. The number of carbonyl (C=O) groups is 2. The molecule has 0 atom stereocenters. The van der Waals surface area contributed by atoms with Gasteiger partial charge in [-0.3, -0.25) is 14.6 Å². The van der Waals surface area contributed by atoms with Gasteiger partial charge in [0.2, 0.25) is 0 Å². The van der Waals surface area contributed by atoms with Crippen LogP contribution in [0.1, 0.15) is 37.5 Å². The van der Waals surface area contributed by atoms with Crippen molar-refractivity contribution in [2.24, 2.45) is 5.10 Å². The molecule has 0 fully saturated rings. The summed E-state index contributed by atoms with van der Waals surface area (Å²) in [7, 11) is 1.68. The topological polar surface area (TPSA) is 97.7 Å². The number of pyridine rings is 1. The molecule has 184 valence electrons. The first-order chi connectivity index (χ1) is 17.2. The number of nitrogens with zero attached hydrogens (tertiary/aromatic N) is 3. The summed E-state index contributed by atoms with van der Waals surface area (Å²) in [5, 5.41) is 19.4. The molecule has 0 unspecified atom stereocenters. The molecular weight excluding hydrogens is 578 g/mol. The fraction of sp³-hybridized carbons (Fsp3) is 0.120. The smallest absolute Gasteiger partial charge is 0.871 e. The second kappa shape index (κ2) is 13.5. The number of benzene rings is 1. The summed E-state index contributed by atoms with van der Waals surface area (Å²) in [6, 6.07) is 13.7. The van der Waals surface area contributed by atoms with E-state index in [0.29, 0.717) is 48.1 Å².